The molecule has 1 fully saturated rings. The van der Waals surface area contributed by atoms with E-state index in [4.69, 9.17) is 32.7 Å². The van der Waals surface area contributed by atoms with Crippen molar-refractivity contribution in [3.8, 4) is 11.5 Å². The van der Waals surface area contributed by atoms with E-state index in [9.17, 15) is 18.0 Å². The molecule has 1 saturated carbocycles. The predicted molar refractivity (Wildman–Crippen MR) is 80.4 cm³/mol. The molecule has 2 aliphatic rings. The van der Waals surface area contributed by atoms with Crippen molar-refractivity contribution in [3.63, 3.8) is 0 Å². The van der Waals surface area contributed by atoms with E-state index in [-0.39, 0.29) is 27.6 Å². The van der Waals surface area contributed by atoms with E-state index in [1.54, 1.807) is 5.32 Å². The summed E-state index contributed by atoms with van der Waals surface area (Å²) >= 11 is 11.5. The number of hydrogen-bond acceptors (Lipinski definition) is 3. The van der Waals surface area contributed by atoms with E-state index in [1.807, 2.05) is 0 Å². The highest BCUT2D eigenvalue weighted by Crippen LogP contribution is 2.47. The largest absolute Gasteiger partial charge is 0.492 e. The van der Waals surface area contributed by atoms with Crippen LogP contribution in [0.25, 0.3) is 0 Å². The number of hydrogen-bond donors (Lipinski definition) is 2. The highest BCUT2D eigenvalue weighted by molar-refractivity contribution is 6.42. The molecule has 0 bridgehead atoms. The number of nitrogens with one attached hydrogen (secondary N) is 2. The van der Waals surface area contributed by atoms with E-state index in [0.29, 0.717) is 0 Å². The third kappa shape index (κ3) is 3.17. The Labute approximate surface area is 145 Å². The number of carbonyl (C=O) groups is 1. The molecule has 132 valence electrons. The molecule has 0 radical (unpaired) electrons. The summed E-state index contributed by atoms with van der Waals surface area (Å²) in [6, 6.07) is 1.01. The summed E-state index contributed by atoms with van der Waals surface area (Å²) in [5.41, 5.74) is 0. The Morgan fingerprint density at radius 3 is 2.08 bits per heavy atom. The average Bonchev–Trinajstić information content (AvgIpc) is 3.06. The molecule has 10 heteroatoms. The molecule has 24 heavy (non-hydrogen) atoms. The van der Waals surface area contributed by atoms with Gasteiger partial charge in [-0.2, -0.15) is 13.2 Å². The number of carbonyl (C=O) groups excluding carboxylic acids is 1. The van der Waals surface area contributed by atoms with Crippen molar-refractivity contribution in [2.75, 3.05) is 0 Å². The van der Waals surface area contributed by atoms with Crippen molar-refractivity contribution in [2.45, 2.75) is 43.8 Å². The summed E-state index contributed by atoms with van der Waals surface area (Å²) in [5.74, 6) is -3.85. The Kier molecular flexibility index (Phi) is 4.37. The second kappa shape index (κ2) is 6.07. The fourth-order valence-corrected chi connectivity index (χ4v) is 2.99. The summed E-state index contributed by atoms with van der Waals surface area (Å²) in [6.45, 7) is 0. The number of amides is 2. The Hall–Kier alpha value is -1.54. The van der Waals surface area contributed by atoms with Crippen LogP contribution in [0.5, 0.6) is 11.5 Å². The minimum absolute atomic E-state index is 0.00685. The van der Waals surface area contributed by atoms with Crippen LogP contribution in [0.15, 0.2) is 12.1 Å². The molecule has 0 spiro atoms. The lowest BCUT2D eigenvalue weighted by Gasteiger charge is -2.30. The van der Waals surface area contributed by atoms with Gasteiger partial charge in [0.2, 0.25) is 0 Å². The molecule has 1 aliphatic heterocycles. The molecule has 3 rings (SSSR count). The summed E-state index contributed by atoms with van der Waals surface area (Å²) in [4.78, 5) is 12.0. The van der Waals surface area contributed by atoms with Crippen molar-refractivity contribution in [2.24, 2.45) is 0 Å². The minimum atomic E-state index is -5.03. The van der Waals surface area contributed by atoms with E-state index < -0.39 is 18.1 Å². The van der Waals surface area contributed by atoms with Crippen LogP contribution in [0.2, 0.25) is 10.0 Å². The quantitative estimate of drug-likeness (QED) is 0.802. The third-order valence-electron chi connectivity index (χ3n) is 3.84. The lowest BCUT2D eigenvalue weighted by atomic mass is 10.2. The van der Waals surface area contributed by atoms with Crippen LogP contribution in [0, 0.1) is 0 Å². The van der Waals surface area contributed by atoms with Gasteiger partial charge in [0.25, 0.3) is 0 Å². The Morgan fingerprint density at radius 2 is 1.62 bits per heavy atom. The fourth-order valence-electron chi connectivity index (χ4n) is 2.68. The van der Waals surface area contributed by atoms with Gasteiger partial charge in [-0.25, -0.2) is 4.79 Å². The minimum Gasteiger partial charge on any atom is -0.424 e. The van der Waals surface area contributed by atoms with Crippen LogP contribution in [0.1, 0.15) is 25.7 Å². The number of halogens is 5. The van der Waals surface area contributed by atoms with Gasteiger partial charge in [-0.15, -0.1) is 0 Å². The number of rotatable bonds is 2. The second-order valence-electron chi connectivity index (χ2n) is 5.61. The smallest absolute Gasteiger partial charge is 0.424 e. The Morgan fingerprint density at radius 1 is 1.12 bits per heavy atom. The zero-order valence-corrected chi connectivity index (χ0v) is 13.7. The van der Waals surface area contributed by atoms with Crippen LogP contribution in [-0.4, -0.2) is 24.2 Å². The van der Waals surface area contributed by atoms with Crippen LogP contribution in [0.4, 0.5) is 18.0 Å². The van der Waals surface area contributed by atoms with Gasteiger partial charge in [0.05, 0.1) is 10.0 Å². The lowest BCUT2D eigenvalue weighted by molar-refractivity contribution is -0.317. The first kappa shape index (κ1) is 17.3. The number of fused-ring (bicyclic) bond motifs is 1. The molecule has 0 unspecified atom stereocenters. The van der Waals surface area contributed by atoms with Crippen LogP contribution >= 0.6 is 23.2 Å². The first-order valence-electron chi connectivity index (χ1n) is 7.23. The molecular formula is C14H13Cl2F3N2O3. The van der Waals surface area contributed by atoms with Gasteiger partial charge >= 0.3 is 18.1 Å². The van der Waals surface area contributed by atoms with Crippen molar-refractivity contribution >= 4 is 29.2 Å². The molecular weight excluding hydrogens is 372 g/mol. The molecule has 1 aromatic carbocycles. The van der Waals surface area contributed by atoms with Crippen molar-refractivity contribution in [3.05, 3.63) is 22.2 Å². The van der Waals surface area contributed by atoms with Crippen molar-refractivity contribution < 1.29 is 27.4 Å². The first-order valence-corrected chi connectivity index (χ1v) is 7.98. The number of benzene rings is 1. The maximum atomic E-state index is 13.5. The Balaban J connectivity index is 1.81. The molecule has 1 aliphatic carbocycles. The van der Waals surface area contributed by atoms with Crippen LogP contribution < -0.4 is 20.1 Å². The molecule has 0 atom stereocenters. The second-order valence-corrected chi connectivity index (χ2v) is 6.43. The zero-order chi connectivity index (χ0) is 17.5. The number of ether oxygens (including phenoxy) is 2. The fraction of sp³-hybridized carbons (Fsp3) is 0.500. The monoisotopic (exact) mass is 384 g/mol. The third-order valence-corrected chi connectivity index (χ3v) is 4.56. The average molecular weight is 385 g/mol. The van der Waals surface area contributed by atoms with Gasteiger partial charge < -0.3 is 14.8 Å². The van der Waals surface area contributed by atoms with Gasteiger partial charge in [-0.1, -0.05) is 36.0 Å². The summed E-state index contributed by atoms with van der Waals surface area (Å²) in [6.07, 6.45) is -1.74. The molecule has 2 N–H and O–H groups in total. The maximum absolute atomic E-state index is 13.5. The molecule has 1 heterocycles. The van der Waals surface area contributed by atoms with Crippen LogP contribution in [0.3, 0.4) is 0 Å². The molecule has 2 amide bonds. The predicted octanol–water partition coefficient (Wildman–Crippen LogP) is 4.22. The van der Waals surface area contributed by atoms with Crippen molar-refractivity contribution in [1.29, 1.82) is 0 Å². The van der Waals surface area contributed by atoms with E-state index >= 15 is 0 Å². The van der Waals surface area contributed by atoms with Gasteiger partial charge in [0.1, 0.15) is 0 Å². The molecule has 1 aromatic rings. The lowest BCUT2D eigenvalue weighted by Crippen LogP contribution is -2.66. The standard InChI is InChI=1S/C14H13Cl2F3N2O3/c15-8-5-10-11(6-9(8)16)24-14(23-10,13(17,18)19)21-12(22)20-7-3-1-2-4-7/h5-7H,1-4H2,(H2,20,21,22). The summed E-state index contributed by atoms with van der Waals surface area (Å²) in [5, 5.41) is 4.24. The Bertz CT molecular complexity index is 632. The topological polar surface area (TPSA) is 59.6 Å². The molecule has 0 aromatic heterocycles. The van der Waals surface area contributed by atoms with Gasteiger partial charge in [-0.3, -0.25) is 5.32 Å². The maximum Gasteiger partial charge on any atom is 0.492 e. The van der Waals surface area contributed by atoms with E-state index in [1.165, 1.54) is 0 Å². The normalized spacial score (nSPS) is 19.4. The molecule has 0 saturated heterocycles. The van der Waals surface area contributed by atoms with Gasteiger partial charge in [-0.05, 0) is 12.8 Å². The van der Waals surface area contributed by atoms with Crippen molar-refractivity contribution in [1.82, 2.24) is 10.6 Å². The molecule has 5 nitrogen and oxygen atoms in total. The first-order chi connectivity index (χ1) is 11.2. The summed E-state index contributed by atoms with van der Waals surface area (Å²) in [7, 11) is 0. The number of urea groups is 1. The van der Waals surface area contributed by atoms with Crippen LogP contribution in [-0.2, 0) is 0 Å². The van der Waals surface area contributed by atoms with E-state index in [2.05, 4.69) is 5.32 Å². The SMILES string of the molecule is O=C(NC1CCCC1)NC1(C(F)(F)F)Oc2cc(Cl)c(Cl)cc2O1. The highest BCUT2D eigenvalue weighted by atomic mass is 35.5. The number of alkyl halides is 3. The highest BCUT2D eigenvalue weighted by Gasteiger charge is 2.66. The van der Waals surface area contributed by atoms with Gasteiger partial charge in [0.15, 0.2) is 11.5 Å². The van der Waals surface area contributed by atoms with E-state index in [0.717, 1.165) is 37.8 Å². The van der Waals surface area contributed by atoms with Gasteiger partial charge in [0, 0.05) is 18.2 Å². The summed E-state index contributed by atoms with van der Waals surface area (Å²) < 4.78 is 50.2. The zero-order valence-electron chi connectivity index (χ0n) is 12.2.